The molecular formula is C14H11BrN2S. The van der Waals surface area contributed by atoms with E-state index in [1.807, 2.05) is 42.5 Å². The molecule has 1 atom stereocenters. The zero-order valence-electron chi connectivity index (χ0n) is 9.51. The van der Waals surface area contributed by atoms with Crippen LogP contribution in [0.15, 0.2) is 53.0 Å². The van der Waals surface area contributed by atoms with Gasteiger partial charge >= 0.3 is 0 Å². The van der Waals surface area contributed by atoms with Crippen molar-refractivity contribution in [2.45, 2.75) is 6.04 Å². The number of fused-ring (bicyclic) bond motifs is 1. The van der Waals surface area contributed by atoms with Crippen LogP contribution in [-0.4, -0.2) is 4.98 Å². The van der Waals surface area contributed by atoms with Crippen LogP contribution in [-0.2, 0) is 0 Å². The molecule has 0 aliphatic carbocycles. The van der Waals surface area contributed by atoms with Gasteiger partial charge in [0.1, 0.15) is 5.01 Å². The van der Waals surface area contributed by atoms with E-state index in [2.05, 4.69) is 27.0 Å². The first-order chi connectivity index (χ1) is 8.75. The topological polar surface area (TPSA) is 38.9 Å². The van der Waals surface area contributed by atoms with E-state index in [1.54, 1.807) is 11.3 Å². The summed E-state index contributed by atoms with van der Waals surface area (Å²) in [7, 11) is 0. The third-order valence-corrected chi connectivity index (χ3v) is 4.66. The number of benzene rings is 2. The average molecular weight is 319 g/mol. The molecule has 0 saturated carbocycles. The van der Waals surface area contributed by atoms with Crippen LogP contribution >= 0.6 is 27.3 Å². The summed E-state index contributed by atoms with van der Waals surface area (Å²) in [6.45, 7) is 0. The smallest absolute Gasteiger partial charge is 0.115 e. The minimum Gasteiger partial charge on any atom is -0.318 e. The molecule has 4 heteroatoms. The molecule has 2 nitrogen and oxygen atoms in total. The number of hydrogen-bond acceptors (Lipinski definition) is 3. The quantitative estimate of drug-likeness (QED) is 0.772. The van der Waals surface area contributed by atoms with Crippen molar-refractivity contribution in [2.75, 3.05) is 0 Å². The van der Waals surface area contributed by atoms with Crippen LogP contribution in [0.25, 0.3) is 10.2 Å². The highest BCUT2D eigenvalue weighted by Crippen LogP contribution is 2.31. The van der Waals surface area contributed by atoms with Crippen LogP contribution in [0.4, 0.5) is 0 Å². The van der Waals surface area contributed by atoms with Crippen LogP contribution in [0.2, 0.25) is 0 Å². The van der Waals surface area contributed by atoms with E-state index in [1.165, 1.54) is 4.70 Å². The van der Waals surface area contributed by atoms with Crippen molar-refractivity contribution in [1.82, 2.24) is 4.98 Å². The summed E-state index contributed by atoms with van der Waals surface area (Å²) < 4.78 is 2.20. The van der Waals surface area contributed by atoms with Gasteiger partial charge in [0.05, 0.1) is 16.3 Å². The normalized spacial score (nSPS) is 12.8. The summed E-state index contributed by atoms with van der Waals surface area (Å²) in [5, 5.41) is 0.947. The molecule has 0 radical (unpaired) electrons. The molecule has 0 bridgehead atoms. The molecular weight excluding hydrogens is 308 g/mol. The van der Waals surface area contributed by atoms with E-state index in [0.717, 1.165) is 20.6 Å². The van der Waals surface area contributed by atoms with Crippen LogP contribution in [0.1, 0.15) is 16.6 Å². The van der Waals surface area contributed by atoms with Gasteiger partial charge in [0.2, 0.25) is 0 Å². The summed E-state index contributed by atoms with van der Waals surface area (Å²) in [4.78, 5) is 4.60. The van der Waals surface area contributed by atoms with Crippen molar-refractivity contribution in [3.8, 4) is 0 Å². The van der Waals surface area contributed by atoms with Gasteiger partial charge in [-0.2, -0.15) is 0 Å². The van der Waals surface area contributed by atoms with Gasteiger partial charge in [0, 0.05) is 4.47 Å². The Hall–Kier alpha value is -1.23. The summed E-state index contributed by atoms with van der Waals surface area (Å²) in [5.41, 5.74) is 8.38. The molecule has 90 valence electrons. The number of halogens is 1. The molecule has 3 rings (SSSR count). The first kappa shape index (κ1) is 11.8. The second kappa shape index (κ2) is 4.80. The number of aromatic nitrogens is 1. The molecule has 2 aromatic carbocycles. The average Bonchev–Trinajstić information content (AvgIpc) is 2.82. The van der Waals surface area contributed by atoms with Gasteiger partial charge in [-0.3, -0.25) is 0 Å². The summed E-state index contributed by atoms with van der Waals surface area (Å²) in [6.07, 6.45) is 0. The molecule has 1 aromatic heterocycles. The monoisotopic (exact) mass is 318 g/mol. The van der Waals surface area contributed by atoms with Crippen molar-refractivity contribution in [2.24, 2.45) is 5.73 Å². The SMILES string of the molecule is NC(c1nc2ccccc2s1)c1ccccc1Br. The Morgan fingerprint density at radius 3 is 2.56 bits per heavy atom. The van der Waals surface area contributed by atoms with Gasteiger partial charge in [0.25, 0.3) is 0 Å². The van der Waals surface area contributed by atoms with Crippen molar-refractivity contribution in [1.29, 1.82) is 0 Å². The van der Waals surface area contributed by atoms with Gasteiger partial charge in [-0.15, -0.1) is 11.3 Å². The van der Waals surface area contributed by atoms with E-state index in [4.69, 9.17) is 5.73 Å². The fourth-order valence-corrected chi connectivity index (χ4v) is 3.40. The Morgan fingerprint density at radius 2 is 1.78 bits per heavy atom. The molecule has 0 aliphatic heterocycles. The highest BCUT2D eigenvalue weighted by molar-refractivity contribution is 9.10. The Balaban J connectivity index is 2.07. The lowest BCUT2D eigenvalue weighted by atomic mass is 10.1. The number of nitrogens with zero attached hydrogens (tertiary/aromatic N) is 1. The first-order valence-corrected chi connectivity index (χ1v) is 7.22. The lowest BCUT2D eigenvalue weighted by molar-refractivity contribution is 0.856. The molecule has 2 N–H and O–H groups in total. The van der Waals surface area contributed by atoms with Gasteiger partial charge in [-0.25, -0.2) is 4.98 Å². The number of thiazole rings is 1. The standard InChI is InChI=1S/C14H11BrN2S/c15-10-6-2-1-5-9(10)13(16)14-17-11-7-3-4-8-12(11)18-14/h1-8,13H,16H2. The summed E-state index contributed by atoms with van der Waals surface area (Å²) >= 11 is 5.19. The maximum Gasteiger partial charge on any atom is 0.115 e. The molecule has 1 heterocycles. The van der Waals surface area contributed by atoms with Gasteiger partial charge in [0.15, 0.2) is 0 Å². The second-order valence-electron chi connectivity index (χ2n) is 4.02. The predicted molar refractivity (Wildman–Crippen MR) is 79.8 cm³/mol. The fourth-order valence-electron chi connectivity index (χ4n) is 1.88. The highest BCUT2D eigenvalue weighted by atomic mass is 79.9. The van der Waals surface area contributed by atoms with Crippen molar-refractivity contribution >= 4 is 37.5 Å². The predicted octanol–water partition coefficient (Wildman–Crippen LogP) is 4.11. The summed E-state index contributed by atoms with van der Waals surface area (Å²) in [6, 6.07) is 15.9. The lowest BCUT2D eigenvalue weighted by Gasteiger charge is -2.10. The zero-order chi connectivity index (χ0) is 12.5. The fraction of sp³-hybridized carbons (Fsp3) is 0.0714. The molecule has 0 saturated heterocycles. The van der Waals surface area contributed by atoms with Crippen molar-refractivity contribution in [3.63, 3.8) is 0 Å². The van der Waals surface area contributed by atoms with Crippen molar-refractivity contribution < 1.29 is 0 Å². The Labute approximate surface area is 118 Å². The largest absolute Gasteiger partial charge is 0.318 e. The minimum atomic E-state index is -0.182. The van der Waals surface area contributed by atoms with E-state index < -0.39 is 0 Å². The van der Waals surface area contributed by atoms with Crippen LogP contribution in [0.3, 0.4) is 0 Å². The van der Waals surface area contributed by atoms with Gasteiger partial charge in [-0.05, 0) is 23.8 Å². The van der Waals surface area contributed by atoms with Crippen LogP contribution in [0, 0.1) is 0 Å². The molecule has 0 amide bonds. The maximum absolute atomic E-state index is 6.30. The van der Waals surface area contributed by atoms with E-state index in [-0.39, 0.29) is 6.04 Å². The molecule has 1 unspecified atom stereocenters. The van der Waals surface area contributed by atoms with Gasteiger partial charge in [-0.1, -0.05) is 46.3 Å². The Bertz CT molecular complexity index is 660. The number of rotatable bonds is 2. The molecule has 0 spiro atoms. The van der Waals surface area contributed by atoms with E-state index in [9.17, 15) is 0 Å². The molecule has 18 heavy (non-hydrogen) atoms. The number of hydrogen-bond donors (Lipinski definition) is 1. The summed E-state index contributed by atoms with van der Waals surface area (Å²) in [5.74, 6) is 0. The molecule has 3 aromatic rings. The number of nitrogens with two attached hydrogens (primary N) is 1. The maximum atomic E-state index is 6.30. The second-order valence-corrected chi connectivity index (χ2v) is 5.94. The first-order valence-electron chi connectivity index (χ1n) is 5.61. The van der Waals surface area contributed by atoms with Crippen LogP contribution in [0.5, 0.6) is 0 Å². The van der Waals surface area contributed by atoms with E-state index in [0.29, 0.717) is 0 Å². The molecule has 0 aliphatic rings. The van der Waals surface area contributed by atoms with Crippen LogP contribution < -0.4 is 5.73 Å². The third-order valence-electron chi connectivity index (χ3n) is 2.82. The third kappa shape index (κ3) is 2.07. The lowest BCUT2D eigenvalue weighted by Crippen LogP contribution is -2.11. The van der Waals surface area contributed by atoms with Gasteiger partial charge < -0.3 is 5.73 Å². The Morgan fingerprint density at radius 1 is 1.06 bits per heavy atom. The van der Waals surface area contributed by atoms with Crippen molar-refractivity contribution in [3.05, 3.63) is 63.6 Å². The highest BCUT2D eigenvalue weighted by Gasteiger charge is 2.15. The molecule has 0 fully saturated rings. The zero-order valence-corrected chi connectivity index (χ0v) is 11.9. The Kier molecular flexibility index (Phi) is 3.16. The number of para-hydroxylation sites is 1. The van der Waals surface area contributed by atoms with E-state index >= 15 is 0 Å². The minimum absolute atomic E-state index is 0.182.